The SMILES string of the molecule is COC[C@H](NC1CCN(Cc2ccc(F)c(F)c2)CC1)C1CC1. The summed E-state index contributed by atoms with van der Waals surface area (Å²) >= 11 is 0. The van der Waals surface area contributed by atoms with Crippen molar-refractivity contribution >= 4 is 0 Å². The van der Waals surface area contributed by atoms with Crippen molar-refractivity contribution in [3.8, 4) is 0 Å². The Labute approximate surface area is 137 Å². The molecule has 0 bridgehead atoms. The van der Waals surface area contributed by atoms with Crippen LogP contribution in [0.25, 0.3) is 0 Å². The maximum Gasteiger partial charge on any atom is 0.159 e. The Bertz CT molecular complexity index is 514. The molecule has 1 saturated carbocycles. The van der Waals surface area contributed by atoms with Gasteiger partial charge in [-0.15, -0.1) is 0 Å². The molecule has 1 atom stereocenters. The lowest BCUT2D eigenvalue weighted by atomic mass is 10.0. The fourth-order valence-corrected chi connectivity index (χ4v) is 3.46. The van der Waals surface area contributed by atoms with Gasteiger partial charge in [0.05, 0.1) is 6.61 Å². The van der Waals surface area contributed by atoms with Gasteiger partial charge in [-0.3, -0.25) is 4.90 Å². The molecule has 5 heteroatoms. The van der Waals surface area contributed by atoms with Crippen LogP contribution in [-0.4, -0.2) is 43.8 Å². The first-order chi connectivity index (χ1) is 11.2. The number of nitrogens with one attached hydrogen (secondary N) is 1. The molecule has 1 aromatic rings. The number of methoxy groups -OCH3 is 1. The largest absolute Gasteiger partial charge is 0.383 e. The Morgan fingerprint density at radius 2 is 1.91 bits per heavy atom. The Morgan fingerprint density at radius 3 is 2.52 bits per heavy atom. The van der Waals surface area contributed by atoms with Gasteiger partial charge in [0.15, 0.2) is 11.6 Å². The maximum atomic E-state index is 13.3. The van der Waals surface area contributed by atoms with Crippen LogP contribution in [-0.2, 0) is 11.3 Å². The van der Waals surface area contributed by atoms with Gasteiger partial charge in [0, 0.05) is 25.7 Å². The van der Waals surface area contributed by atoms with Crippen molar-refractivity contribution in [3.05, 3.63) is 35.4 Å². The Morgan fingerprint density at radius 1 is 1.17 bits per heavy atom. The first-order valence-corrected chi connectivity index (χ1v) is 8.57. The summed E-state index contributed by atoms with van der Waals surface area (Å²) in [6.07, 6.45) is 4.82. The van der Waals surface area contributed by atoms with E-state index in [2.05, 4.69) is 10.2 Å². The van der Waals surface area contributed by atoms with Gasteiger partial charge in [-0.05, 0) is 62.4 Å². The summed E-state index contributed by atoms with van der Waals surface area (Å²) in [5.74, 6) is -0.748. The van der Waals surface area contributed by atoms with Gasteiger partial charge in [0.1, 0.15) is 0 Å². The van der Waals surface area contributed by atoms with Gasteiger partial charge in [0.25, 0.3) is 0 Å². The van der Waals surface area contributed by atoms with E-state index >= 15 is 0 Å². The molecule has 0 radical (unpaired) electrons. The number of halogens is 2. The van der Waals surface area contributed by atoms with Crippen molar-refractivity contribution in [1.29, 1.82) is 0 Å². The standard InChI is InChI=1S/C18H26F2N2O/c1-23-12-18(14-3-4-14)21-15-6-8-22(9-7-15)11-13-2-5-16(19)17(20)10-13/h2,5,10,14-15,18,21H,3-4,6-9,11-12H2,1H3/t18-/m0/s1. The van der Waals surface area contributed by atoms with E-state index in [9.17, 15) is 8.78 Å². The number of hydrogen-bond donors (Lipinski definition) is 1. The fraction of sp³-hybridized carbons (Fsp3) is 0.667. The van der Waals surface area contributed by atoms with E-state index in [1.165, 1.54) is 25.0 Å². The second-order valence-corrected chi connectivity index (χ2v) is 6.86. The quantitative estimate of drug-likeness (QED) is 0.834. The van der Waals surface area contributed by atoms with Gasteiger partial charge in [-0.25, -0.2) is 8.78 Å². The minimum Gasteiger partial charge on any atom is -0.383 e. The number of nitrogens with zero attached hydrogens (tertiary/aromatic N) is 1. The minimum atomic E-state index is -0.777. The van der Waals surface area contributed by atoms with Crippen LogP contribution < -0.4 is 5.32 Å². The van der Waals surface area contributed by atoms with Crippen LogP contribution in [0, 0.1) is 17.6 Å². The lowest BCUT2D eigenvalue weighted by molar-refractivity contribution is 0.132. The van der Waals surface area contributed by atoms with Crippen LogP contribution in [0.2, 0.25) is 0 Å². The number of likely N-dealkylation sites (tertiary alicyclic amines) is 1. The van der Waals surface area contributed by atoms with Crippen LogP contribution in [0.5, 0.6) is 0 Å². The average molecular weight is 324 g/mol. The molecule has 0 spiro atoms. The topological polar surface area (TPSA) is 24.5 Å². The van der Waals surface area contributed by atoms with Gasteiger partial charge >= 0.3 is 0 Å². The molecular formula is C18H26F2N2O. The molecule has 1 aliphatic carbocycles. The van der Waals surface area contributed by atoms with Gasteiger partial charge in [-0.2, -0.15) is 0 Å². The van der Waals surface area contributed by atoms with Crippen LogP contribution in [0.4, 0.5) is 8.78 Å². The molecule has 1 heterocycles. The second-order valence-electron chi connectivity index (χ2n) is 6.86. The zero-order valence-corrected chi connectivity index (χ0v) is 13.7. The third-order valence-corrected chi connectivity index (χ3v) is 4.96. The fourth-order valence-electron chi connectivity index (χ4n) is 3.46. The molecule has 0 aromatic heterocycles. The van der Waals surface area contributed by atoms with Crippen molar-refractivity contribution in [2.24, 2.45) is 5.92 Å². The van der Waals surface area contributed by atoms with E-state index in [1.807, 2.05) is 0 Å². The number of ether oxygens (including phenoxy) is 1. The predicted molar refractivity (Wildman–Crippen MR) is 86.2 cm³/mol. The van der Waals surface area contributed by atoms with E-state index in [-0.39, 0.29) is 0 Å². The third kappa shape index (κ3) is 4.72. The molecule has 1 N–H and O–H groups in total. The summed E-state index contributed by atoms with van der Waals surface area (Å²) in [4.78, 5) is 2.31. The van der Waals surface area contributed by atoms with E-state index in [4.69, 9.17) is 4.74 Å². The summed E-state index contributed by atoms with van der Waals surface area (Å²) in [6, 6.07) is 5.22. The van der Waals surface area contributed by atoms with Crippen molar-refractivity contribution in [3.63, 3.8) is 0 Å². The molecule has 2 fully saturated rings. The van der Waals surface area contributed by atoms with Gasteiger partial charge < -0.3 is 10.1 Å². The molecule has 0 amide bonds. The summed E-state index contributed by atoms with van der Waals surface area (Å²) in [5, 5.41) is 3.76. The van der Waals surface area contributed by atoms with E-state index in [0.717, 1.165) is 44.0 Å². The van der Waals surface area contributed by atoms with Crippen LogP contribution in [0.3, 0.4) is 0 Å². The maximum absolute atomic E-state index is 13.3. The highest BCUT2D eigenvalue weighted by molar-refractivity contribution is 5.17. The highest BCUT2D eigenvalue weighted by Gasteiger charge is 2.33. The monoisotopic (exact) mass is 324 g/mol. The van der Waals surface area contributed by atoms with Crippen molar-refractivity contribution in [1.82, 2.24) is 10.2 Å². The summed E-state index contributed by atoms with van der Waals surface area (Å²) in [7, 11) is 1.77. The number of benzene rings is 1. The molecule has 1 saturated heterocycles. The first-order valence-electron chi connectivity index (χ1n) is 8.57. The molecule has 128 valence electrons. The molecule has 3 nitrogen and oxygen atoms in total. The zero-order chi connectivity index (χ0) is 16.2. The molecule has 2 aliphatic rings. The summed E-state index contributed by atoms with van der Waals surface area (Å²) in [5.41, 5.74) is 0.838. The number of piperidine rings is 1. The summed E-state index contributed by atoms with van der Waals surface area (Å²) < 4.78 is 31.6. The Hall–Kier alpha value is -1.04. The molecule has 1 aromatic carbocycles. The Balaban J connectivity index is 1.45. The second kappa shape index (κ2) is 7.69. The van der Waals surface area contributed by atoms with E-state index in [0.29, 0.717) is 18.6 Å². The number of rotatable bonds is 7. The first kappa shape index (κ1) is 16.8. The minimum absolute atomic E-state index is 0.489. The van der Waals surface area contributed by atoms with Crippen LogP contribution in [0.15, 0.2) is 18.2 Å². The molecule has 0 unspecified atom stereocenters. The van der Waals surface area contributed by atoms with Gasteiger partial charge in [-0.1, -0.05) is 6.07 Å². The highest BCUT2D eigenvalue weighted by Crippen LogP contribution is 2.33. The zero-order valence-electron chi connectivity index (χ0n) is 13.7. The third-order valence-electron chi connectivity index (χ3n) is 4.96. The van der Waals surface area contributed by atoms with Crippen LogP contribution >= 0.6 is 0 Å². The number of hydrogen-bond acceptors (Lipinski definition) is 3. The lowest BCUT2D eigenvalue weighted by Gasteiger charge is -2.34. The van der Waals surface area contributed by atoms with Crippen LogP contribution in [0.1, 0.15) is 31.2 Å². The molecular weight excluding hydrogens is 298 g/mol. The highest BCUT2D eigenvalue weighted by atomic mass is 19.2. The van der Waals surface area contributed by atoms with Crippen molar-refractivity contribution < 1.29 is 13.5 Å². The molecule has 3 rings (SSSR count). The molecule has 23 heavy (non-hydrogen) atoms. The van der Waals surface area contributed by atoms with E-state index in [1.54, 1.807) is 13.2 Å². The van der Waals surface area contributed by atoms with Crippen molar-refractivity contribution in [2.75, 3.05) is 26.8 Å². The van der Waals surface area contributed by atoms with E-state index < -0.39 is 11.6 Å². The smallest absolute Gasteiger partial charge is 0.159 e. The van der Waals surface area contributed by atoms with Crippen molar-refractivity contribution in [2.45, 2.75) is 44.3 Å². The Kier molecular flexibility index (Phi) is 5.62. The predicted octanol–water partition coefficient (Wildman–Crippen LogP) is 2.94. The average Bonchev–Trinajstić information content (AvgIpc) is 3.37. The normalized spacial score (nSPS) is 21.5. The lowest BCUT2D eigenvalue weighted by Crippen LogP contribution is -2.48. The molecule has 1 aliphatic heterocycles. The summed E-state index contributed by atoms with van der Waals surface area (Å²) in [6.45, 7) is 3.45. The van der Waals surface area contributed by atoms with Gasteiger partial charge in [0.2, 0.25) is 0 Å².